The number of guanidine groups is 1. The number of nitrogens with one attached hydrogen (secondary N) is 2. The quantitative estimate of drug-likeness (QED) is 0.385. The third kappa shape index (κ3) is 8.24. The van der Waals surface area contributed by atoms with Crippen LogP contribution in [0.5, 0.6) is 0 Å². The van der Waals surface area contributed by atoms with Crippen molar-refractivity contribution in [3.05, 3.63) is 0 Å². The molecule has 1 aliphatic rings. The van der Waals surface area contributed by atoms with Gasteiger partial charge in [-0.15, -0.1) is 24.0 Å². The van der Waals surface area contributed by atoms with Gasteiger partial charge in [0.25, 0.3) is 0 Å². The van der Waals surface area contributed by atoms with E-state index in [-0.39, 0.29) is 24.0 Å². The highest BCUT2D eigenvalue weighted by Gasteiger charge is 2.25. The number of hydrogen-bond donors (Lipinski definition) is 2. The molecule has 1 fully saturated rings. The van der Waals surface area contributed by atoms with Gasteiger partial charge in [-0.05, 0) is 46.2 Å². The summed E-state index contributed by atoms with van der Waals surface area (Å²) in [5.74, 6) is 1.79. The van der Waals surface area contributed by atoms with Crippen molar-refractivity contribution in [2.75, 3.05) is 33.7 Å². The summed E-state index contributed by atoms with van der Waals surface area (Å²) in [7, 11) is 4.39. The molecule has 1 saturated carbocycles. The van der Waals surface area contributed by atoms with Gasteiger partial charge in [-0.1, -0.05) is 26.2 Å². The maximum atomic E-state index is 4.80. The Labute approximate surface area is 148 Å². The molecule has 4 nitrogen and oxygen atoms in total. The van der Waals surface area contributed by atoms with Crippen LogP contribution in [0.3, 0.4) is 0 Å². The van der Waals surface area contributed by atoms with Gasteiger partial charge in [0.05, 0.1) is 6.54 Å². The molecule has 2 N–H and O–H groups in total. The monoisotopic (exact) mass is 410 g/mol. The van der Waals surface area contributed by atoms with Gasteiger partial charge in [-0.3, -0.25) is 4.99 Å². The van der Waals surface area contributed by atoms with Crippen LogP contribution in [-0.2, 0) is 0 Å². The first-order valence-corrected chi connectivity index (χ1v) is 8.37. The van der Waals surface area contributed by atoms with E-state index in [2.05, 4.69) is 43.5 Å². The van der Waals surface area contributed by atoms with Gasteiger partial charge in [0, 0.05) is 19.1 Å². The number of rotatable bonds is 7. The summed E-state index contributed by atoms with van der Waals surface area (Å²) in [5, 5.41) is 6.72. The first kappa shape index (κ1) is 21.0. The standard InChI is InChI=1S/C16H34N4.HI/c1-5-12-18-16(17-6-2)19-13-15(20(3)4)14-10-8-7-9-11-14;/h14-15H,5-13H2,1-4H3,(H2,17,18,19);1H. The molecule has 1 rings (SSSR count). The lowest BCUT2D eigenvalue weighted by Gasteiger charge is -2.34. The number of aliphatic imine (C=N–C) groups is 1. The molecule has 0 aromatic carbocycles. The molecule has 1 unspecified atom stereocenters. The summed E-state index contributed by atoms with van der Waals surface area (Å²) in [5.41, 5.74) is 0. The van der Waals surface area contributed by atoms with Crippen molar-refractivity contribution < 1.29 is 0 Å². The van der Waals surface area contributed by atoms with Crippen molar-refractivity contribution in [3.63, 3.8) is 0 Å². The van der Waals surface area contributed by atoms with Crippen LogP contribution in [-0.4, -0.2) is 50.6 Å². The minimum atomic E-state index is 0. The average Bonchev–Trinajstić information content (AvgIpc) is 2.45. The fraction of sp³-hybridized carbons (Fsp3) is 0.938. The molecule has 1 atom stereocenters. The molecule has 0 bridgehead atoms. The topological polar surface area (TPSA) is 39.7 Å². The van der Waals surface area contributed by atoms with Crippen molar-refractivity contribution in [1.82, 2.24) is 15.5 Å². The SMILES string of the molecule is CCCNC(=NCC(C1CCCCC1)N(C)C)NCC.I. The maximum absolute atomic E-state index is 4.80. The molecule has 0 aliphatic heterocycles. The van der Waals surface area contributed by atoms with Crippen LogP contribution >= 0.6 is 24.0 Å². The molecule has 0 aromatic rings. The predicted molar refractivity (Wildman–Crippen MR) is 104 cm³/mol. The van der Waals surface area contributed by atoms with E-state index < -0.39 is 0 Å². The molecule has 0 heterocycles. The van der Waals surface area contributed by atoms with Gasteiger partial charge in [0.1, 0.15) is 0 Å². The lowest BCUT2D eigenvalue weighted by Crippen LogP contribution is -2.42. The first-order chi connectivity index (χ1) is 9.69. The van der Waals surface area contributed by atoms with Crippen molar-refractivity contribution in [2.24, 2.45) is 10.9 Å². The zero-order valence-corrected chi connectivity index (χ0v) is 16.7. The van der Waals surface area contributed by atoms with E-state index in [0.717, 1.165) is 37.9 Å². The summed E-state index contributed by atoms with van der Waals surface area (Å²) in [6, 6.07) is 0.576. The number of nitrogens with zero attached hydrogens (tertiary/aromatic N) is 2. The molecule has 0 radical (unpaired) electrons. The van der Waals surface area contributed by atoms with E-state index in [9.17, 15) is 0 Å². The Hall–Kier alpha value is -0.0400. The van der Waals surface area contributed by atoms with Crippen LogP contribution < -0.4 is 10.6 Å². The van der Waals surface area contributed by atoms with Crippen LogP contribution in [0.25, 0.3) is 0 Å². The fourth-order valence-corrected chi connectivity index (χ4v) is 3.02. The molecular weight excluding hydrogens is 375 g/mol. The Bertz CT molecular complexity index is 275. The van der Waals surface area contributed by atoms with Crippen LogP contribution in [0.2, 0.25) is 0 Å². The zero-order valence-electron chi connectivity index (χ0n) is 14.3. The van der Waals surface area contributed by atoms with E-state index in [0.29, 0.717) is 6.04 Å². The number of likely N-dealkylation sites (N-methyl/N-ethyl adjacent to an activating group) is 1. The molecule has 0 spiro atoms. The molecule has 0 aromatic heterocycles. The van der Waals surface area contributed by atoms with Gasteiger partial charge in [0.15, 0.2) is 5.96 Å². The van der Waals surface area contributed by atoms with Crippen LogP contribution in [0.1, 0.15) is 52.4 Å². The highest BCUT2D eigenvalue weighted by Crippen LogP contribution is 2.28. The largest absolute Gasteiger partial charge is 0.357 e. The van der Waals surface area contributed by atoms with Crippen molar-refractivity contribution in [2.45, 2.75) is 58.4 Å². The average molecular weight is 410 g/mol. The first-order valence-electron chi connectivity index (χ1n) is 8.37. The predicted octanol–water partition coefficient (Wildman–Crippen LogP) is 3.08. The highest BCUT2D eigenvalue weighted by molar-refractivity contribution is 14.0. The van der Waals surface area contributed by atoms with Crippen molar-refractivity contribution >= 4 is 29.9 Å². The van der Waals surface area contributed by atoms with Gasteiger partial charge in [0.2, 0.25) is 0 Å². The minimum Gasteiger partial charge on any atom is -0.357 e. The second kappa shape index (κ2) is 12.5. The Morgan fingerprint density at radius 3 is 2.33 bits per heavy atom. The molecule has 126 valence electrons. The van der Waals surface area contributed by atoms with E-state index in [1.165, 1.54) is 32.1 Å². The highest BCUT2D eigenvalue weighted by atomic mass is 127. The van der Waals surface area contributed by atoms with Crippen LogP contribution in [0, 0.1) is 5.92 Å². The van der Waals surface area contributed by atoms with Gasteiger partial charge < -0.3 is 15.5 Å². The Morgan fingerprint density at radius 1 is 1.14 bits per heavy atom. The number of hydrogen-bond acceptors (Lipinski definition) is 2. The summed E-state index contributed by atoms with van der Waals surface area (Å²) >= 11 is 0. The molecular formula is C16H35IN4. The zero-order chi connectivity index (χ0) is 14.8. The third-order valence-electron chi connectivity index (χ3n) is 4.18. The molecule has 1 aliphatic carbocycles. The summed E-state index contributed by atoms with van der Waals surface area (Å²) in [6.45, 7) is 7.11. The summed E-state index contributed by atoms with van der Waals surface area (Å²) < 4.78 is 0. The van der Waals surface area contributed by atoms with E-state index >= 15 is 0 Å². The van der Waals surface area contributed by atoms with Crippen molar-refractivity contribution in [3.8, 4) is 0 Å². The van der Waals surface area contributed by atoms with Crippen molar-refractivity contribution in [1.29, 1.82) is 0 Å². The molecule has 0 amide bonds. The van der Waals surface area contributed by atoms with Gasteiger partial charge >= 0.3 is 0 Å². The fourth-order valence-electron chi connectivity index (χ4n) is 3.02. The molecule has 5 heteroatoms. The number of halogens is 1. The Morgan fingerprint density at radius 2 is 1.81 bits per heavy atom. The smallest absolute Gasteiger partial charge is 0.191 e. The molecule has 21 heavy (non-hydrogen) atoms. The van der Waals surface area contributed by atoms with E-state index in [4.69, 9.17) is 4.99 Å². The Kier molecular flexibility index (Phi) is 12.5. The lowest BCUT2D eigenvalue weighted by molar-refractivity contribution is 0.176. The van der Waals surface area contributed by atoms with Gasteiger partial charge in [-0.25, -0.2) is 0 Å². The summed E-state index contributed by atoms with van der Waals surface area (Å²) in [6.07, 6.45) is 8.08. The second-order valence-electron chi connectivity index (χ2n) is 6.08. The lowest BCUT2D eigenvalue weighted by atomic mass is 9.83. The van der Waals surface area contributed by atoms with Crippen LogP contribution in [0.15, 0.2) is 4.99 Å². The third-order valence-corrected chi connectivity index (χ3v) is 4.18. The van der Waals surface area contributed by atoms with E-state index in [1.54, 1.807) is 0 Å². The normalized spacial score (nSPS) is 18.2. The second-order valence-corrected chi connectivity index (χ2v) is 6.08. The minimum absolute atomic E-state index is 0. The molecule has 0 saturated heterocycles. The van der Waals surface area contributed by atoms with Gasteiger partial charge in [-0.2, -0.15) is 0 Å². The van der Waals surface area contributed by atoms with Crippen LogP contribution in [0.4, 0.5) is 0 Å². The summed E-state index contributed by atoms with van der Waals surface area (Å²) in [4.78, 5) is 7.16. The Balaban J connectivity index is 0.00000400. The maximum Gasteiger partial charge on any atom is 0.191 e. The van der Waals surface area contributed by atoms with E-state index in [1.807, 2.05) is 0 Å².